The molecule has 2 aromatic carbocycles. The molecule has 0 aromatic heterocycles. The number of hydrogen-bond acceptors (Lipinski definition) is 5. The van der Waals surface area contributed by atoms with Gasteiger partial charge in [-0.05, 0) is 58.5 Å². The molecule has 30 heavy (non-hydrogen) atoms. The number of amides is 1. The number of carbonyl (C=O) groups is 1. The molecule has 0 unspecified atom stereocenters. The standard InChI is InChI=1S/C24H25NO5/c1-27-20-8-15-14-7-13-5-6-24(26)25(13)12-19(14)18-11-23(30-4)22(29-3)10-17(18)16(15)9-21(20)28-2/h7-11,13,19H,5-6,12H2,1-4H3/t13-,19-/m0/s1. The first-order valence-corrected chi connectivity index (χ1v) is 10.1. The molecule has 1 aliphatic carbocycles. The zero-order chi connectivity index (χ0) is 21.0. The molecular formula is C24H25NO5. The second-order valence-corrected chi connectivity index (χ2v) is 7.87. The van der Waals surface area contributed by atoms with Gasteiger partial charge in [-0.15, -0.1) is 0 Å². The summed E-state index contributed by atoms with van der Waals surface area (Å²) in [4.78, 5) is 14.5. The summed E-state index contributed by atoms with van der Waals surface area (Å²) in [6.45, 7) is 0.672. The van der Waals surface area contributed by atoms with E-state index in [4.69, 9.17) is 18.9 Å². The Labute approximate surface area is 176 Å². The van der Waals surface area contributed by atoms with Crippen LogP contribution in [0.4, 0.5) is 0 Å². The summed E-state index contributed by atoms with van der Waals surface area (Å²) in [6.07, 6.45) is 3.75. The Morgan fingerprint density at radius 2 is 1.37 bits per heavy atom. The maximum Gasteiger partial charge on any atom is 0.223 e. The van der Waals surface area contributed by atoms with Crippen LogP contribution in [0.2, 0.25) is 0 Å². The van der Waals surface area contributed by atoms with Crippen molar-refractivity contribution >= 4 is 11.5 Å². The first-order chi connectivity index (χ1) is 14.6. The Hall–Kier alpha value is -3.15. The first-order valence-electron chi connectivity index (χ1n) is 10.1. The van der Waals surface area contributed by atoms with Gasteiger partial charge in [0.05, 0.1) is 34.5 Å². The number of hydrogen-bond donors (Lipinski definition) is 0. The highest BCUT2D eigenvalue weighted by Crippen LogP contribution is 2.54. The van der Waals surface area contributed by atoms with Crippen molar-refractivity contribution in [3.8, 4) is 34.1 Å². The summed E-state index contributed by atoms with van der Waals surface area (Å²) in [6, 6.07) is 8.31. The summed E-state index contributed by atoms with van der Waals surface area (Å²) in [5, 5.41) is 0. The molecule has 1 amide bonds. The Balaban J connectivity index is 1.80. The van der Waals surface area contributed by atoms with Crippen LogP contribution < -0.4 is 18.9 Å². The molecule has 156 valence electrons. The van der Waals surface area contributed by atoms with E-state index < -0.39 is 0 Å². The van der Waals surface area contributed by atoms with Gasteiger partial charge in [0.1, 0.15) is 0 Å². The lowest BCUT2D eigenvalue weighted by atomic mass is 9.72. The Morgan fingerprint density at radius 1 is 0.800 bits per heavy atom. The summed E-state index contributed by atoms with van der Waals surface area (Å²) in [5.74, 6) is 3.05. The number of benzene rings is 2. The largest absolute Gasteiger partial charge is 0.493 e. The zero-order valence-electron chi connectivity index (χ0n) is 17.7. The molecule has 2 heterocycles. The van der Waals surface area contributed by atoms with Gasteiger partial charge in [-0.25, -0.2) is 0 Å². The minimum atomic E-state index is 0.0729. The van der Waals surface area contributed by atoms with Gasteiger partial charge in [0.2, 0.25) is 5.91 Å². The normalized spacial score (nSPS) is 21.1. The number of ether oxygens (including phenoxy) is 4. The Morgan fingerprint density at radius 3 is 2.00 bits per heavy atom. The third-order valence-corrected chi connectivity index (χ3v) is 6.56. The maximum atomic E-state index is 12.5. The van der Waals surface area contributed by atoms with Crippen molar-refractivity contribution in [3.63, 3.8) is 0 Å². The SMILES string of the molecule is COc1cc2c(cc1OC)-c1cc(OC)c(OC)cc1[C@H]1CN3C(=O)CC[C@H]3C=C21. The summed E-state index contributed by atoms with van der Waals surface area (Å²) in [5.41, 5.74) is 5.63. The van der Waals surface area contributed by atoms with Crippen molar-refractivity contribution in [2.45, 2.75) is 24.8 Å². The molecule has 3 aliphatic rings. The van der Waals surface area contributed by atoms with Crippen molar-refractivity contribution in [2.24, 2.45) is 0 Å². The summed E-state index contributed by atoms with van der Waals surface area (Å²) in [7, 11) is 6.58. The molecular weight excluding hydrogens is 382 g/mol. The molecule has 2 atom stereocenters. The van der Waals surface area contributed by atoms with E-state index in [2.05, 4.69) is 12.1 Å². The van der Waals surface area contributed by atoms with Crippen LogP contribution in [-0.2, 0) is 4.79 Å². The van der Waals surface area contributed by atoms with Gasteiger partial charge < -0.3 is 23.8 Å². The van der Waals surface area contributed by atoms with Crippen molar-refractivity contribution < 1.29 is 23.7 Å². The molecule has 0 saturated carbocycles. The number of carbonyl (C=O) groups excluding carboxylic acids is 1. The molecule has 1 saturated heterocycles. The third-order valence-electron chi connectivity index (χ3n) is 6.56. The monoisotopic (exact) mass is 407 g/mol. The predicted octanol–water partition coefficient (Wildman–Crippen LogP) is 3.87. The molecule has 2 aliphatic heterocycles. The average molecular weight is 407 g/mol. The van der Waals surface area contributed by atoms with Crippen LogP contribution >= 0.6 is 0 Å². The van der Waals surface area contributed by atoms with Crippen LogP contribution in [0.1, 0.15) is 29.9 Å². The van der Waals surface area contributed by atoms with E-state index in [9.17, 15) is 4.79 Å². The van der Waals surface area contributed by atoms with Gasteiger partial charge in [-0.3, -0.25) is 4.79 Å². The third kappa shape index (κ3) is 2.59. The van der Waals surface area contributed by atoms with Gasteiger partial charge in [0.25, 0.3) is 0 Å². The van der Waals surface area contributed by atoms with E-state index in [1.165, 1.54) is 5.57 Å². The van der Waals surface area contributed by atoms with E-state index >= 15 is 0 Å². The summed E-state index contributed by atoms with van der Waals surface area (Å²) < 4.78 is 22.3. The molecule has 5 rings (SSSR count). The number of methoxy groups -OCH3 is 4. The average Bonchev–Trinajstić information content (AvgIpc) is 3.15. The molecule has 6 nitrogen and oxygen atoms in total. The Bertz CT molecular complexity index is 1070. The molecule has 0 radical (unpaired) electrons. The molecule has 2 aromatic rings. The molecule has 1 fully saturated rings. The van der Waals surface area contributed by atoms with E-state index in [0.717, 1.165) is 28.7 Å². The van der Waals surface area contributed by atoms with E-state index in [1.807, 2.05) is 23.1 Å². The van der Waals surface area contributed by atoms with Crippen molar-refractivity contribution in [1.82, 2.24) is 4.90 Å². The molecule has 0 bridgehead atoms. The van der Waals surface area contributed by atoms with Gasteiger partial charge in [-0.2, -0.15) is 0 Å². The van der Waals surface area contributed by atoms with Gasteiger partial charge in [-0.1, -0.05) is 6.08 Å². The fraction of sp³-hybridized carbons (Fsp3) is 0.375. The van der Waals surface area contributed by atoms with Crippen LogP contribution in [0.3, 0.4) is 0 Å². The van der Waals surface area contributed by atoms with Crippen molar-refractivity contribution in [3.05, 3.63) is 41.5 Å². The zero-order valence-corrected chi connectivity index (χ0v) is 17.7. The number of nitrogens with zero attached hydrogens (tertiary/aromatic N) is 1. The van der Waals surface area contributed by atoms with Crippen LogP contribution in [0.5, 0.6) is 23.0 Å². The quantitative estimate of drug-likeness (QED) is 0.770. The second kappa shape index (κ2) is 6.97. The first kappa shape index (κ1) is 18.9. The topological polar surface area (TPSA) is 57.2 Å². The van der Waals surface area contributed by atoms with Crippen LogP contribution in [0.25, 0.3) is 16.7 Å². The van der Waals surface area contributed by atoms with Gasteiger partial charge in [0, 0.05) is 18.9 Å². The molecule has 6 heteroatoms. The highest BCUT2D eigenvalue weighted by Gasteiger charge is 2.41. The van der Waals surface area contributed by atoms with Crippen LogP contribution in [-0.4, -0.2) is 51.8 Å². The lowest BCUT2D eigenvalue weighted by Gasteiger charge is -2.40. The van der Waals surface area contributed by atoms with E-state index in [1.54, 1.807) is 28.4 Å². The van der Waals surface area contributed by atoms with Gasteiger partial charge >= 0.3 is 0 Å². The van der Waals surface area contributed by atoms with E-state index in [-0.39, 0.29) is 17.9 Å². The minimum Gasteiger partial charge on any atom is -0.493 e. The lowest BCUT2D eigenvalue weighted by molar-refractivity contribution is -0.128. The van der Waals surface area contributed by atoms with Crippen molar-refractivity contribution in [1.29, 1.82) is 0 Å². The summed E-state index contributed by atoms with van der Waals surface area (Å²) >= 11 is 0. The van der Waals surface area contributed by atoms with Crippen LogP contribution in [0.15, 0.2) is 30.3 Å². The lowest BCUT2D eigenvalue weighted by Crippen LogP contribution is -2.40. The fourth-order valence-corrected chi connectivity index (χ4v) is 5.09. The fourth-order valence-electron chi connectivity index (χ4n) is 5.09. The second-order valence-electron chi connectivity index (χ2n) is 7.87. The molecule has 0 spiro atoms. The number of rotatable bonds is 4. The van der Waals surface area contributed by atoms with Crippen molar-refractivity contribution in [2.75, 3.05) is 35.0 Å². The molecule has 0 N–H and O–H groups in total. The van der Waals surface area contributed by atoms with Gasteiger partial charge in [0.15, 0.2) is 23.0 Å². The van der Waals surface area contributed by atoms with Crippen LogP contribution in [0, 0.1) is 0 Å². The van der Waals surface area contributed by atoms with E-state index in [0.29, 0.717) is 36.0 Å². The highest BCUT2D eigenvalue weighted by molar-refractivity contribution is 5.95. The predicted molar refractivity (Wildman–Crippen MR) is 114 cm³/mol. The maximum absolute atomic E-state index is 12.5. The smallest absolute Gasteiger partial charge is 0.223 e. The Kier molecular flexibility index (Phi) is 4.38. The highest BCUT2D eigenvalue weighted by atomic mass is 16.5. The minimum absolute atomic E-state index is 0.0729. The number of fused-ring (bicyclic) bond motifs is 7.